The number of hydrogen-bond acceptors (Lipinski definition) is 4. The number of sulfonamides is 1. The Balaban J connectivity index is 1.41. The van der Waals surface area contributed by atoms with E-state index in [9.17, 15) is 12.8 Å². The zero-order chi connectivity index (χ0) is 18.1. The average Bonchev–Trinajstić information content (AvgIpc) is 3.05. The van der Waals surface area contributed by atoms with Gasteiger partial charge < -0.3 is 4.40 Å². The molecule has 136 valence electrons. The van der Waals surface area contributed by atoms with Crippen LogP contribution in [0.1, 0.15) is 5.69 Å². The van der Waals surface area contributed by atoms with Crippen molar-refractivity contribution in [3.8, 4) is 0 Å². The Labute approximate surface area is 151 Å². The van der Waals surface area contributed by atoms with Crippen molar-refractivity contribution in [3.63, 3.8) is 0 Å². The van der Waals surface area contributed by atoms with E-state index < -0.39 is 15.8 Å². The van der Waals surface area contributed by atoms with Crippen molar-refractivity contribution in [1.82, 2.24) is 18.6 Å². The number of benzene rings is 1. The average molecular weight is 374 g/mol. The van der Waals surface area contributed by atoms with Crippen LogP contribution in [0.3, 0.4) is 0 Å². The number of nitrogens with zero attached hydrogens (tertiary/aromatic N) is 4. The Morgan fingerprint density at radius 3 is 2.42 bits per heavy atom. The van der Waals surface area contributed by atoms with Gasteiger partial charge in [-0.25, -0.2) is 17.8 Å². The van der Waals surface area contributed by atoms with Gasteiger partial charge in [0.1, 0.15) is 11.5 Å². The van der Waals surface area contributed by atoms with Gasteiger partial charge in [0.25, 0.3) is 0 Å². The Kier molecular flexibility index (Phi) is 4.47. The molecular weight excluding hydrogens is 355 g/mol. The van der Waals surface area contributed by atoms with Crippen LogP contribution in [0.2, 0.25) is 0 Å². The van der Waals surface area contributed by atoms with Gasteiger partial charge in [0.05, 0.1) is 10.6 Å². The molecule has 0 atom stereocenters. The fourth-order valence-corrected chi connectivity index (χ4v) is 4.60. The van der Waals surface area contributed by atoms with Crippen molar-refractivity contribution in [3.05, 3.63) is 66.4 Å². The maximum Gasteiger partial charge on any atom is 0.243 e. The van der Waals surface area contributed by atoms with Crippen molar-refractivity contribution in [2.75, 3.05) is 26.2 Å². The smallest absolute Gasteiger partial charge is 0.243 e. The summed E-state index contributed by atoms with van der Waals surface area (Å²) in [5.74, 6) is -0.443. The molecule has 8 heteroatoms. The quantitative estimate of drug-likeness (QED) is 0.701. The van der Waals surface area contributed by atoms with Crippen molar-refractivity contribution < 1.29 is 12.8 Å². The highest BCUT2D eigenvalue weighted by atomic mass is 32.2. The summed E-state index contributed by atoms with van der Waals surface area (Å²) in [5.41, 5.74) is 1.87. The highest BCUT2D eigenvalue weighted by molar-refractivity contribution is 7.89. The van der Waals surface area contributed by atoms with E-state index in [2.05, 4.69) is 9.88 Å². The summed E-state index contributed by atoms with van der Waals surface area (Å²) in [7, 11) is -3.58. The largest absolute Gasteiger partial charge is 0.307 e. The molecule has 0 bridgehead atoms. The second kappa shape index (κ2) is 6.79. The van der Waals surface area contributed by atoms with E-state index in [4.69, 9.17) is 0 Å². The third kappa shape index (κ3) is 3.35. The van der Waals surface area contributed by atoms with Crippen LogP contribution in [0, 0.1) is 5.82 Å². The first-order valence-electron chi connectivity index (χ1n) is 8.43. The minimum atomic E-state index is -3.58. The monoisotopic (exact) mass is 374 g/mol. The third-order valence-corrected chi connectivity index (χ3v) is 6.50. The van der Waals surface area contributed by atoms with E-state index in [1.54, 1.807) is 0 Å². The standard InChI is InChI=1S/C18H19FN4O2S/c19-15-4-6-17(7-5-15)26(24,25)23-11-9-21(10-12-23)13-16-14-22-8-2-1-3-18(22)20-16/h1-8,14H,9-13H2. The fourth-order valence-electron chi connectivity index (χ4n) is 3.18. The molecule has 0 spiro atoms. The van der Waals surface area contributed by atoms with Gasteiger partial charge in [-0.3, -0.25) is 4.90 Å². The fraction of sp³-hybridized carbons (Fsp3) is 0.278. The Morgan fingerprint density at radius 2 is 1.73 bits per heavy atom. The molecule has 1 aliphatic heterocycles. The molecule has 1 aliphatic rings. The summed E-state index contributed by atoms with van der Waals surface area (Å²) < 4.78 is 41.8. The number of rotatable bonds is 4. The Bertz CT molecular complexity index is 976. The highest BCUT2D eigenvalue weighted by Gasteiger charge is 2.28. The van der Waals surface area contributed by atoms with Gasteiger partial charge in [0.2, 0.25) is 10.0 Å². The molecule has 1 fully saturated rings. The van der Waals surface area contributed by atoms with Crippen LogP contribution in [-0.4, -0.2) is 53.2 Å². The number of imidazole rings is 1. The molecule has 2 aromatic heterocycles. The molecule has 26 heavy (non-hydrogen) atoms. The highest BCUT2D eigenvalue weighted by Crippen LogP contribution is 2.19. The van der Waals surface area contributed by atoms with Crippen LogP contribution < -0.4 is 0 Å². The summed E-state index contributed by atoms with van der Waals surface area (Å²) >= 11 is 0. The molecule has 4 rings (SSSR count). The maximum absolute atomic E-state index is 13.0. The number of fused-ring (bicyclic) bond motifs is 1. The molecule has 3 aromatic rings. The number of aromatic nitrogens is 2. The van der Waals surface area contributed by atoms with Crippen molar-refractivity contribution in [2.45, 2.75) is 11.4 Å². The number of piperazine rings is 1. The normalized spacial score (nSPS) is 17.0. The van der Waals surface area contributed by atoms with Gasteiger partial charge in [-0.05, 0) is 36.4 Å². The molecule has 0 N–H and O–H groups in total. The van der Waals surface area contributed by atoms with E-state index in [0.29, 0.717) is 32.7 Å². The van der Waals surface area contributed by atoms with E-state index >= 15 is 0 Å². The molecule has 0 saturated carbocycles. The van der Waals surface area contributed by atoms with E-state index in [1.165, 1.54) is 28.6 Å². The van der Waals surface area contributed by atoms with E-state index in [-0.39, 0.29) is 4.90 Å². The second-order valence-electron chi connectivity index (χ2n) is 6.33. The lowest BCUT2D eigenvalue weighted by atomic mass is 10.3. The summed E-state index contributed by atoms with van der Waals surface area (Å²) in [6, 6.07) is 10.8. The molecule has 0 radical (unpaired) electrons. The molecule has 0 unspecified atom stereocenters. The van der Waals surface area contributed by atoms with E-state index in [1.807, 2.05) is 35.0 Å². The van der Waals surface area contributed by atoms with Crippen LogP contribution in [0.25, 0.3) is 5.65 Å². The predicted molar refractivity (Wildman–Crippen MR) is 95.6 cm³/mol. The minimum Gasteiger partial charge on any atom is -0.307 e. The van der Waals surface area contributed by atoms with Gasteiger partial charge >= 0.3 is 0 Å². The molecule has 3 heterocycles. The first-order valence-corrected chi connectivity index (χ1v) is 9.87. The molecule has 0 aliphatic carbocycles. The number of hydrogen-bond donors (Lipinski definition) is 0. The lowest BCUT2D eigenvalue weighted by molar-refractivity contribution is 0.180. The molecule has 1 aromatic carbocycles. The first kappa shape index (κ1) is 17.1. The predicted octanol–water partition coefficient (Wildman–Crippen LogP) is 1.98. The van der Waals surface area contributed by atoms with Crippen LogP contribution in [0.5, 0.6) is 0 Å². The lowest BCUT2D eigenvalue weighted by Crippen LogP contribution is -2.48. The van der Waals surface area contributed by atoms with Crippen LogP contribution >= 0.6 is 0 Å². The topological polar surface area (TPSA) is 57.9 Å². The van der Waals surface area contributed by atoms with Gasteiger partial charge in [0, 0.05) is 45.1 Å². The number of pyridine rings is 1. The first-order chi connectivity index (χ1) is 12.5. The van der Waals surface area contributed by atoms with Gasteiger partial charge in [0.15, 0.2) is 0 Å². The molecule has 1 saturated heterocycles. The molecule has 6 nitrogen and oxygen atoms in total. The van der Waals surface area contributed by atoms with E-state index in [0.717, 1.165) is 11.3 Å². The summed E-state index contributed by atoms with van der Waals surface area (Å²) in [5, 5.41) is 0. The molecule has 0 amide bonds. The minimum absolute atomic E-state index is 0.132. The third-order valence-electron chi connectivity index (χ3n) is 4.58. The Morgan fingerprint density at radius 1 is 1.00 bits per heavy atom. The van der Waals surface area contributed by atoms with Gasteiger partial charge in [-0.2, -0.15) is 4.31 Å². The van der Waals surface area contributed by atoms with Crippen LogP contribution in [0.4, 0.5) is 4.39 Å². The lowest BCUT2D eigenvalue weighted by Gasteiger charge is -2.33. The Hall–Kier alpha value is -2.29. The molecular formula is C18H19FN4O2S. The van der Waals surface area contributed by atoms with Gasteiger partial charge in [-0.15, -0.1) is 0 Å². The van der Waals surface area contributed by atoms with Gasteiger partial charge in [-0.1, -0.05) is 6.07 Å². The van der Waals surface area contributed by atoms with Crippen LogP contribution in [0.15, 0.2) is 59.8 Å². The SMILES string of the molecule is O=S(=O)(c1ccc(F)cc1)N1CCN(Cc2cn3ccccc3n2)CC1. The van der Waals surface area contributed by atoms with Crippen molar-refractivity contribution >= 4 is 15.7 Å². The van der Waals surface area contributed by atoms with Crippen LogP contribution in [-0.2, 0) is 16.6 Å². The zero-order valence-corrected chi connectivity index (χ0v) is 14.9. The van der Waals surface area contributed by atoms with Crippen molar-refractivity contribution in [1.29, 1.82) is 0 Å². The maximum atomic E-state index is 13.0. The van der Waals surface area contributed by atoms with Crippen molar-refractivity contribution in [2.24, 2.45) is 0 Å². The number of halogens is 1. The second-order valence-corrected chi connectivity index (χ2v) is 8.27. The zero-order valence-electron chi connectivity index (χ0n) is 14.1. The summed E-state index contributed by atoms with van der Waals surface area (Å²) in [6.45, 7) is 2.77. The summed E-state index contributed by atoms with van der Waals surface area (Å²) in [6.07, 6.45) is 3.95. The summed E-state index contributed by atoms with van der Waals surface area (Å²) in [4.78, 5) is 6.91.